The van der Waals surface area contributed by atoms with Crippen molar-refractivity contribution >= 4 is 23.4 Å². The van der Waals surface area contributed by atoms with Crippen molar-refractivity contribution in [2.24, 2.45) is 0 Å². The molecule has 0 saturated carbocycles. The van der Waals surface area contributed by atoms with Gasteiger partial charge in [-0.2, -0.15) is 0 Å². The Morgan fingerprint density at radius 3 is 2.50 bits per heavy atom. The molecule has 0 atom stereocenters. The van der Waals surface area contributed by atoms with Crippen molar-refractivity contribution in [1.29, 1.82) is 0 Å². The van der Waals surface area contributed by atoms with E-state index in [9.17, 15) is 14.0 Å². The van der Waals surface area contributed by atoms with Crippen molar-refractivity contribution in [3.05, 3.63) is 28.0 Å². The minimum Gasteiger partial charge on any atom is -0.493 e. The van der Waals surface area contributed by atoms with Gasteiger partial charge in [0.15, 0.2) is 11.6 Å². The van der Waals surface area contributed by atoms with Gasteiger partial charge in [-0.1, -0.05) is 11.6 Å². The predicted molar refractivity (Wildman–Crippen MR) is 54.7 cm³/mol. The highest BCUT2D eigenvalue weighted by molar-refractivity contribution is 6.42. The second-order valence-electron chi connectivity index (χ2n) is 3.01. The van der Waals surface area contributed by atoms with Gasteiger partial charge in [-0.05, 0) is 18.6 Å². The monoisotopic (exact) mass is 246 g/mol. The zero-order valence-corrected chi connectivity index (χ0v) is 9.26. The Kier molecular flexibility index (Phi) is 3.49. The second-order valence-corrected chi connectivity index (χ2v) is 3.41. The molecule has 16 heavy (non-hydrogen) atoms. The van der Waals surface area contributed by atoms with E-state index < -0.39 is 23.3 Å². The molecule has 4 nitrogen and oxygen atoms in total. The molecule has 0 fully saturated rings. The molecule has 0 saturated heterocycles. The lowest BCUT2D eigenvalue weighted by Gasteiger charge is -2.11. The molecule has 0 radical (unpaired) electrons. The third-order valence-electron chi connectivity index (χ3n) is 2.06. The molecule has 0 aliphatic heterocycles. The number of ether oxygens (including phenoxy) is 1. The van der Waals surface area contributed by atoms with Gasteiger partial charge >= 0.3 is 5.97 Å². The van der Waals surface area contributed by atoms with Crippen LogP contribution in [-0.2, 0) is 4.79 Å². The summed E-state index contributed by atoms with van der Waals surface area (Å²) in [5.41, 5.74) is -0.188. The number of carbonyl (C=O) groups excluding carboxylic acids is 1. The van der Waals surface area contributed by atoms with Crippen LogP contribution >= 0.6 is 11.6 Å². The number of aliphatic carboxylic acids is 1. The Morgan fingerprint density at radius 2 is 2.06 bits per heavy atom. The molecule has 1 aromatic carbocycles. The van der Waals surface area contributed by atoms with Gasteiger partial charge in [-0.3, -0.25) is 4.79 Å². The zero-order chi connectivity index (χ0) is 12.5. The largest absolute Gasteiger partial charge is 0.493 e. The first-order valence-electron chi connectivity index (χ1n) is 4.20. The van der Waals surface area contributed by atoms with E-state index in [4.69, 9.17) is 16.7 Å². The summed E-state index contributed by atoms with van der Waals surface area (Å²) in [5, 5.41) is 8.57. The number of rotatable bonds is 3. The Balaban J connectivity index is 3.57. The van der Waals surface area contributed by atoms with Crippen LogP contribution in [0.2, 0.25) is 5.02 Å². The topological polar surface area (TPSA) is 63.6 Å². The van der Waals surface area contributed by atoms with Gasteiger partial charge in [0.25, 0.3) is 5.78 Å². The fraction of sp³-hybridized carbons (Fsp3) is 0.200. The Morgan fingerprint density at radius 1 is 1.50 bits per heavy atom. The van der Waals surface area contributed by atoms with E-state index >= 15 is 0 Å². The third-order valence-corrected chi connectivity index (χ3v) is 2.45. The van der Waals surface area contributed by atoms with Crippen LogP contribution in [0, 0.1) is 12.7 Å². The number of hydrogen-bond donors (Lipinski definition) is 1. The fourth-order valence-electron chi connectivity index (χ4n) is 1.27. The van der Waals surface area contributed by atoms with E-state index in [1.54, 1.807) is 0 Å². The van der Waals surface area contributed by atoms with Gasteiger partial charge in [-0.15, -0.1) is 0 Å². The number of Topliss-reactive ketones (excluding diaryl/α,β-unsaturated/α-hetero) is 1. The van der Waals surface area contributed by atoms with E-state index in [0.29, 0.717) is 0 Å². The van der Waals surface area contributed by atoms with Crippen molar-refractivity contribution in [2.75, 3.05) is 7.11 Å². The first-order valence-corrected chi connectivity index (χ1v) is 4.58. The predicted octanol–water partition coefficient (Wildman–Crippen LogP) is 2.06. The van der Waals surface area contributed by atoms with Gasteiger partial charge in [0.2, 0.25) is 0 Å². The maximum Gasteiger partial charge on any atom is 0.377 e. The van der Waals surface area contributed by atoms with Crippen LogP contribution in [0.15, 0.2) is 6.07 Å². The van der Waals surface area contributed by atoms with Gasteiger partial charge in [0.1, 0.15) is 0 Å². The van der Waals surface area contributed by atoms with Crippen molar-refractivity contribution in [1.82, 2.24) is 0 Å². The van der Waals surface area contributed by atoms with Gasteiger partial charge in [0, 0.05) is 5.02 Å². The van der Waals surface area contributed by atoms with E-state index in [2.05, 4.69) is 4.74 Å². The summed E-state index contributed by atoms with van der Waals surface area (Å²) in [6, 6.07) is 0.967. The third kappa shape index (κ3) is 1.99. The maximum atomic E-state index is 13.4. The Bertz CT molecular complexity index is 470. The van der Waals surface area contributed by atoms with Crippen molar-refractivity contribution < 1.29 is 23.8 Å². The number of hydrogen-bond acceptors (Lipinski definition) is 3. The SMILES string of the molecule is COc1c(F)cc(Cl)c(C)c1C(=O)C(=O)O. The minimum absolute atomic E-state index is 0.0251. The minimum atomic E-state index is -1.69. The van der Waals surface area contributed by atoms with Gasteiger partial charge in [0.05, 0.1) is 12.7 Å². The van der Waals surface area contributed by atoms with Crippen LogP contribution < -0.4 is 4.74 Å². The number of carboxylic acids is 1. The van der Waals surface area contributed by atoms with Crippen LogP contribution in [0.5, 0.6) is 5.75 Å². The normalized spacial score (nSPS) is 10.0. The van der Waals surface area contributed by atoms with E-state index in [1.807, 2.05) is 0 Å². The molecule has 0 aromatic heterocycles. The van der Waals surface area contributed by atoms with Crippen molar-refractivity contribution in [2.45, 2.75) is 6.92 Å². The van der Waals surface area contributed by atoms with Gasteiger partial charge in [-0.25, -0.2) is 9.18 Å². The Hall–Kier alpha value is -1.62. The molecule has 86 valence electrons. The molecule has 0 spiro atoms. The van der Waals surface area contributed by atoms with Crippen LogP contribution in [0.1, 0.15) is 15.9 Å². The molecule has 0 heterocycles. The highest BCUT2D eigenvalue weighted by Gasteiger charge is 2.26. The summed E-state index contributed by atoms with van der Waals surface area (Å²) in [6.07, 6.45) is 0. The molecular formula is C10H8ClFO4. The standard InChI is InChI=1S/C10H8ClFO4/c1-4-5(11)3-6(12)9(16-2)7(4)8(13)10(14)15/h3H,1-2H3,(H,14,15). The summed E-state index contributed by atoms with van der Waals surface area (Å²) in [6.45, 7) is 1.42. The lowest BCUT2D eigenvalue weighted by atomic mass is 10.0. The first-order chi connectivity index (χ1) is 7.40. The summed E-state index contributed by atoms with van der Waals surface area (Å²) in [4.78, 5) is 21.9. The highest BCUT2D eigenvalue weighted by atomic mass is 35.5. The molecule has 0 bridgehead atoms. The molecule has 0 amide bonds. The molecule has 6 heteroatoms. The smallest absolute Gasteiger partial charge is 0.377 e. The van der Waals surface area contributed by atoms with E-state index in [-0.39, 0.29) is 16.1 Å². The lowest BCUT2D eigenvalue weighted by molar-refractivity contribution is -0.131. The van der Waals surface area contributed by atoms with Crippen molar-refractivity contribution in [3.63, 3.8) is 0 Å². The second kappa shape index (κ2) is 4.49. The molecule has 1 aromatic rings. The molecule has 1 N–H and O–H groups in total. The summed E-state index contributed by atoms with van der Waals surface area (Å²) in [5.74, 6) is -4.23. The number of ketones is 1. The van der Waals surface area contributed by atoms with Crippen LogP contribution in [0.3, 0.4) is 0 Å². The lowest BCUT2D eigenvalue weighted by Crippen LogP contribution is -2.16. The number of benzene rings is 1. The molecule has 1 rings (SSSR count). The van der Waals surface area contributed by atoms with Crippen LogP contribution in [0.4, 0.5) is 4.39 Å². The quantitative estimate of drug-likeness (QED) is 0.655. The fourth-order valence-corrected chi connectivity index (χ4v) is 1.46. The summed E-state index contributed by atoms with van der Waals surface area (Å²) < 4.78 is 18.0. The summed E-state index contributed by atoms with van der Waals surface area (Å²) in [7, 11) is 1.14. The average molecular weight is 247 g/mol. The van der Waals surface area contributed by atoms with Crippen molar-refractivity contribution in [3.8, 4) is 5.75 Å². The average Bonchev–Trinajstić information content (AvgIpc) is 2.21. The van der Waals surface area contributed by atoms with E-state index in [1.165, 1.54) is 6.92 Å². The molecular weight excluding hydrogens is 239 g/mol. The molecule has 0 unspecified atom stereocenters. The molecule has 0 aliphatic carbocycles. The maximum absolute atomic E-state index is 13.4. The first kappa shape index (κ1) is 12.4. The number of carboxylic acid groups (broad SMARTS) is 1. The van der Waals surface area contributed by atoms with Crippen LogP contribution in [0.25, 0.3) is 0 Å². The molecule has 0 aliphatic rings. The Labute approximate surface area is 95.6 Å². The number of carbonyl (C=O) groups is 2. The highest BCUT2D eigenvalue weighted by Crippen LogP contribution is 2.31. The summed E-state index contributed by atoms with van der Waals surface area (Å²) >= 11 is 5.66. The number of halogens is 2. The zero-order valence-electron chi connectivity index (χ0n) is 8.51. The van der Waals surface area contributed by atoms with E-state index in [0.717, 1.165) is 13.2 Å². The number of methoxy groups -OCH3 is 1. The van der Waals surface area contributed by atoms with Crippen LogP contribution in [-0.4, -0.2) is 24.0 Å². The van der Waals surface area contributed by atoms with Gasteiger partial charge < -0.3 is 9.84 Å².